The molecule has 9 aromatic rings. The molecule has 4 heterocycles. The van der Waals surface area contributed by atoms with E-state index in [1.54, 1.807) is 49.6 Å². The van der Waals surface area contributed by atoms with Gasteiger partial charge in [-0.1, -0.05) is 146 Å². The summed E-state index contributed by atoms with van der Waals surface area (Å²) in [4.78, 5) is 20.4. The number of rotatable bonds is 6. The molecule has 0 bridgehead atoms. The van der Waals surface area contributed by atoms with Crippen molar-refractivity contribution in [2.45, 2.75) is 0 Å². The van der Waals surface area contributed by atoms with E-state index in [0.29, 0.717) is 0 Å². The molecule has 290 valence electrons. The summed E-state index contributed by atoms with van der Waals surface area (Å²) in [6, 6.07) is 47.2. The first-order valence-corrected chi connectivity index (χ1v) is 17.2. The largest absolute Gasteiger partial charge is 2.00 e. The Hall–Kier alpha value is -7.74. The Morgan fingerprint density at radius 2 is 0.492 bits per heavy atom. The molecule has 0 aliphatic heterocycles. The van der Waals surface area contributed by atoms with E-state index in [2.05, 4.69) is 183 Å². The van der Waals surface area contributed by atoms with Crippen LogP contribution >= 0.6 is 0 Å². The van der Waals surface area contributed by atoms with Crippen molar-refractivity contribution in [2.24, 2.45) is 0 Å². The number of carboxylic acid groups (broad SMARTS) is 2. The Kier molecular flexibility index (Phi) is 21.5. The second-order valence-electron chi connectivity index (χ2n) is 11.0. The SMILES string of the molecule is O=C([O-])c1ccc(C(=O)[O-])cc1.[Cd+2].c1ccc(C(=C(c2ccccc2)c2ccccc2)c2ccccc2)cc1.c1cn[nH]n1.c1cn[nH]n1.c1cn[nH]n1.c1cn[nH]n1. The number of aromatic carboxylic acids is 2. The first-order chi connectivity index (χ1) is 28.5. The maximum atomic E-state index is 10.2. The molecule has 9 rings (SSSR count). The van der Waals surface area contributed by atoms with Crippen molar-refractivity contribution in [1.82, 2.24) is 61.6 Å². The molecule has 4 aromatic heterocycles. The van der Waals surface area contributed by atoms with Crippen LogP contribution in [0.5, 0.6) is 0 Å². The first-order valence-electron chi connectivity index (χ1n) is 17.2. The zero-order valence-corrected chi connectivity index (χ0v) is 35.4. The van der Waals surface area contributed by atoms with Gasteiger partial charge in [-0.3, -0.25) is 0 Å². The van der Waals surface area contributed by atoms with Crippen molar-refractivity contribution >= 4 is 23.1 Å². The number of nitrogens with one attached hydrogen (secondary N) is 4. The summed E-state index contributed by atoms with van der Waals surface area (Å²) in [5, 5.41) is 57.7. The van der Waals surface area contributed by atoms with Gasteiger partial charge in [-0.15, -0.1) is 0 Å². The minimum Gasteiger partial charge on any atom is -0.545 e. The quantitative estimate of drug-likeness (QED) is 0.135. The number of aromatic amines is 4. The van der Waals surface area contributed by atoms with Crippen molar-refractivity contribution in [3.63, 3.8) is 0 Å². The molecule has 17 heteroatoms. The fourth-order valence-corrected chi connectivity index (χ4v) is 4.74. The van der Waals surface area contributed by atoms with Crippen LogP contribution in [0.2, 0.25) is 0 Å². The standard InChI is InChI=1S/C26H20.C8H6O4.4C2H3N3.Cd/c1-5-13-21(14-6-1)25(22-15-7-2-8-16-22)26(23-17-9-3-10-18-23)24-19-11-4-12-20-24;9-7(10)5-1-2-6(4-3-5)8(11)12;4*1-2-4-5-3-1;/h1-20H;1-4H,(H,9,10)(H,11,12);4*1-2H,(H,3,4,5);/q;;;;;;+2/p-2. The molecule has 16 nitrogen and oxygen atoms in total. The molecule has 0 aliphatic rings. The zero-order chi connectivity index (χ0) is 40.9. The summed E-state index contributed by atoms with van der Waals surface area (Å²) in [5.41, 5.74) is 7.29. The molecule has 0 atom stereocenters. The number of aromatic nitrogens is 12. The number of carbonyl (C=O) groups excluding carboxylic acids is 2. The van der Waals surface area contributed by atoms with E-state index < -0.39 is 11.9 Å². The van der Waals surface area contributed by atoms with Crippen molar-refractivity contribution in [3.8, 4) is 0 Å². The van der Waals surface area contributed by atoms with Crippen LogP contribution in [0.25, 0.3) is 11.1 Å². The molecule has 59 heavy (non-hydrogen) atoms. The van der Waals surface area contributed by atoms with Crippen molar-refractivity contribution in [2.75, 3.05) is 0 Å². The molecule has 4 N–H and O–H groups in total. The third-order valence-electron chi connectivity index (χ3n) is 7.18. The molecule has 0 spiro atoms. The molecule has 0 unspecified atom stereocenters. The molecular weight excluding hydrogens is 849 g/mol. The molecule has 0 saturated carbocycles. The van der Waals surface area contributed by atoms with E-state index in [9.17, 15) is 19.8 Å². The van der Waals surface area contributed by atoms with Crippen molar-refractivity contribution < 1.29 is 47.1 Å². The summed E-state index contributed by atoms with van der Waals surface area (Å²) in [6.07, 6.45) is 12.7. The van der Waals surface area contributed by atoms with Gasteiger partial charge < -0.3 is 19.8 Å². The third-order valence-corrected chi connectivity index (χ3v) is 7.18. The number of H-pyrrole nitrogens is 4. The normalized spacial score (nSPS) is 9.15. The maximum Gasteiger partial charge on any atom is 2.00 e. The van der Waals surface area contributed by atoms with E-state index in [1.165, 1.54) is 33.4 Å². The van der Waals surface area contributed by atoms with Gasteiger partial charge in [-0.05, 0) is 44.5 Å². The molecule has 0 amide bonds. The summed E-state index contributed by atoms with van der Waals surface area (Å²) >= 11 is 0. The predicted octanol–water partition coefficient (Wildman–Crippen LogP) is 4.32. The molecule has 5 aromatic carbocycles. The molecule has 0 radical (unpaired) electrons. The van der Waals surface area contributed by atoms with Crippen LogP contribution in [0, 0.1) is 0 Å². The Morgan fingerprint density at radius 1 is 0.305 bits per heavy atom. The fourth-order valence-electron chi connectivity index (χ4n) is 4.74. The van der Waals surface area contributed by atoms with Crippen LogP contribution in [0.1, 0.15) is 43.0 Å². The van der Waals surface area contributed by atoms with Crippen LogP contribution in [0.3, 0.4) is 0 Å². The van der Waals surface area contributed by atoms with Crippen molar-refractivity contribution in [3.05, 3.63) is 229 Å². The molecule has 0 fully saturated rings. The zero-order valence-electron chi connectivity index (χ0n) is 31.4. The number of carboxylic acids is 2. The average molecular weight is 885 g/mol. The van der Waals surface area contributed by atoms with Gasteiger partial charge in [0.2, 0.25) is 0 Å². The van der Waals surface area contributed by atoms with Gasteiger partial charge in [-0.2, -0.15) is 61.6 Å². The third kappa shape index (κ3) is 17.3. The van der Waals surface area contributed by atoms with E-state index in [1.807, 2.05) is 0 Å². The van der Waals surface area contributed by atoms with E-state index in [4.69, 9.17) is 0 Å². The number of nitrogens with zero attached hydrogens (tertiary/aromatic N) is 8. The van der Waals surface area contributed by atoms with Crippen LogP contribution in [0.15, 0.2) is 195 Å². The van der Waals surface area contributed by atoms with E-state index in [-0.39, 0.29) is 38.4 Å². The Morgan fingerprint density at radius 3 is 0.627 bits per heavy atom. The summed E-state index contributed by atoms with van der Waals surface area (Å²) in [7, 11) is 0. The van der Waals surface area contributed by atoms with Gasteiger partial charge in [0.15, 0.2) is 0 Å². The van der Waals surface area contributed by atoms with E-state index >= 15 is 0 Å². The number of carbonyl (C=O) groups is 2. The van der Waals surface area contributed by atoms with E-state index in [0.717, 1.165) is 24.3 Å². The number of hydrogen-bond acceptors (Lipinski definition) is 12. The Balaban J connectivity index is 0.000000229. The minimum atomic E-state index is -1.33. The van der Waals surface area contributed by atoms with Crippen LogP contribution < -0.4 is 10.2 Å². The van der Waals surface area contributed by atoms with Gasteiger partial charge in [0.1, 0.15) is 0 Å². The molecule has 0 aliphatic carbocycles. The van der Waals surface area contributed by atoms with Gasteiger partial charge in [0, 0.05) is 0 Å². The van der Waals surface area contributed by atoms with Crippen molar-refractivity contribution in [1.29, 1.82) is 0 Å². The van der Waals surface area contributed by atoms with Crippen LogP contribution in [-0.4, -0.2) is 73.6 Å². The summed E-state index contributed by atoms with van der Waals surface area (Å²) in [5.74, 6) is -2.67. The van der Waals surface area contributed by atoms with Gasteiger partial charge in [-0.25, -0.2) is 0 Å². The summed E-state index contributed by atoms with van der Waals surface area (Å²) in [6.45, 7) is 0. The summed E-state index contributed by atoms with van der Waals surface area (Å²) < 4.78 is 0. The Bertz CT molecular complexity index is 1990. The minimum absolute atomic E-state index is 0. The topological polar surface area (TPSA) is 247 Å². The van der Waals surface area contributed by atoms with Gasteiger partial charge in [0.25, 0.3) is 0 Å². The second-order valence-corrected chi connectivity index (χ2v) is 11.0. The predicted molar refractivity (Wildman–Crippen MR) is 211 cm³/mol. The number of hydrogen-bond donors (Lipinski definition) is 4. The fraction of sp³-hybridized carbons (Fsp3) is 0. The smallest absolute Gasteiger partial charge is 0.545 e. The Labute approximate surface area is 358 Å². The monoisotopic (exact) mass is 886 g/mol. The molecular formula is C42H36CdN12O4. The molecule has 0 saturated heterocycles. The van der Waals surface area contributed by atoms with Gasteiger partial charge >= 0.3 is 27.3 Å². The number of benzene rings is 5. The van der Waals surface area contributed by atoms with Crippen LogP contribution in [0.4, 0.5) is 0 Å². The van der Waals surface area contributed by atoms with Gasteiger partial charge in [0.05, 0.1) is 61.5 Å². The van der Waals surface area contributed by atoms with Crippen LogP contribution in [-0.2, 0) is 27.3 Å². The second kappa shape index (κ2) is 27.8. The average Bonchev–Trinajstić information content (AvgIpc) is 4.15. The first kappa shape index (κ1) is 45.7. The maximum absolute atomic E-state index is 10.2.